The van der Waals surface area contributed by atoms with Crippen molar-refractivity contribution in [1.82, 2.24) is 25.0 Å². The predicted molar refractivity (Wildman–Crippen MR) is 111 cm³/mol. The zero-order valence-corrected chi connectivity index (χ0v) is 18.6. The van der Waals surface area contributed by atoms with Gasteiger partial charge in [-0.15, -0.1) is 35.3 Å². The van der Waals surface area contributed by atoms with Gasteiger partial charge in [0, 0.05) is 50.7 Å². The molecule has 156 valence electrons. The van der Waals surface area contributed by atoms with Crippen LogP contribution in [0.3, 0.4) is 0 Å². The third-order valence-corrected chi connectivity index (χ3v) is 5.05. The highest BCUT2D eigenvalue weighted by atomic mass is 127. The first-order chi connectivity index (χ1) is 12.9. The molecule has 0 bridgehead atoms. The van der Waals surface area contributed by atoms with Crippen molar-refractivity contribution >= 4 is 41.3 Å². The number of aryl methyl sites for hydroxylation is 1. The van der Waals surface area contributed by atoms with Gasteiger partial charge >= 0.3 is 6.18 Å². The van der Waals surface area contributed by atoms with Crippen molar-refractivity contribution in [2.75, 3.05) is 33.3 Å². The molecule has 1 saturated heterocycles. The minimum atomic E-state index is -4.40. The summed E-state index contributed by atoms with van der Waals surface area (Å²) < 4.78 is 45.4. The van der Waals surface area contributed by atoms with Crippen molar-refractivity contribution in [3.05, 3.63) is 34.0 Å². The normalized spacial score (nSPS) is 18.1. The molecule has 2 aromatic heterocycles. The van der Waals surface area contributed by atoms with E-state index in [-0.39, 0.29) is 30.1 Å². The Morgan fingerprint density at radius 1 is 1.46 bits per heavy atom. The van der Waals surface area contributed by atoms with Crippen LogP contribution in [-0.2, 0) is 24.4 Å². The molecule has 1 aliphatic heterocycles. The first kappa shape index (κ1) is 22.9. The fraction of sp³-hybridized carbons (Fsp3) is 0.562. The Morgan fingerprint density at radius 2 is 2.25 bits per heavy atom. The molecule has 1 unspecified atom stereocenters. The number of alkyl halides is 3. The van der Waals surface area contributed by atoms with Crippen LogP contribution in [0.5, 0.6) is 0 Å². The number of guanidine groups is 1. The maximum Gasteiger partial charge on any atom is 0.434 e. The van der Waals surface area contributed by atoms with Crippen molar-refractivity contribution < 1.29 is 17.9 Å². The second kappa shape index (κ2) is 9.87. The van der Waals surface area contributed by atoms with E-state index in [1.165, 1.54) is 0 Å². The van der Waals surface area contributed by atoms with Crippen molar-refractivity contribution in [1.29, 1.82) is 0 Å². The standard InChI is InChI=1S/C16H21F3N6OS.HI/c1-20-15(21-4-3-14-23-13(10-27-14)16(17,18)19)25-5-6-26-12(9-25)11-7-22-24(2)8-11;/h7-8,10,12H,3-6,9H2,1-2H3,(H,20,21);1H. The zero-order valence-electron chi connectivity index (χ0n) is 15.4. The summed E-state index contributed by atoms with van der Waals surface area (Å²) >= 11 is 1.02. The Labute approximate surface area is 182 Å². The molecule has 1 fully saturated rings. The molecular weight excluding hydrogens is 508 g/mol. The summed E-state index contributed by atoms with van der Waals surface area (Å²) in [6.45, 7) is 2.32. The second-order valence-corrected chi connectivity index (χ2v) is 7.04. The minimum Gasteiger partial charge on any atom is -0.370 e. The maximum atomic E-state index is 12.6. The molecule has 28 heavy (non-hydrogen) atoms. The van der Waals surface area contributed by atoms with E-state index in [0.717, 1.165) is 22.3 Å². The monoisotopic (exact) mass is 530 g/mol. The number of halogens is 4. The second-order valence-electron chi connectivity index (χ2n) is 6.10. The Kier molecular flexibility index (Phi) is 8.07. The number of nitrogens with zero attached hydrogens (tertiary/aromatic N) is 5. The molecule has 1 atom stereocenters. The molecule has 0 saturated carbocycles. The highest BCUT2D eigenvalue weighted by Gasteiger charge is 2.33. The summed E-state index contributed by atoms with van der Waals surface area (Å²) in [7, 11) is 3.54. The van der Waals surface area contributed by atoms with Gasteiger partial charge < -0.3 is 15.0 Å². The van der Waals surface area contributed by atoms with Crippen LogP contribution in [0.15, 0.2) is 22.8 Å². The maximum absolute atomic E-state index is 12.6. The van der Waals surface area contributed by atoms with Gasteiger partial charge in [-0.3, -0.25) is 9.67 Å². The number of nitrogens with one attached hydrogen (secondary N) is 1. The quantitative estimate of drug-likeness (QED) is 0.374. The summed E-state index contributed by atoms with van der Waals surface area (Å²) in [5, 5.41) is 8.86. The lowest BCUT2D eigenvalue weighted by Crippen LogP contribution is -2.48. The van der Waals surface area contributed by atoms with E-state index in [4.69, 9.17) is 4.74 Å². The van der Waals surface area contributed by atoms with Crippen LogP contribution in [0.2, 0.25) is 0 Å². The molecule has 0 aliphatic carbocycles. The van der Waals surface area contributed by atoms with Gasteiger partial charge in [-0.25, -0.2) is 4.98 Å². The first-order valence-electron chi connectivity index (χ1n) is 8.44. The average molecular weight is 530 g/mol. The van der Waals surface area contributed by atoms with E-state index in [1.54, 1.807) is 17.9 Å². The van der Waals surface area contributed by atoms with Gasteiger partial charge in [0.25, 0.3) is 0 Å². The number of aromatic nitrogens is 3. The van der Waals surface area contributed by atoms with E-state index >= 15 is 0 Å². The van der Waals surface area contributed by atoms with Crippen LogP contribution in [-0.4, -0.2) is 58.9 Å². The van der Waals surface area contributed by atoms with Gasteiger partial charge in [-0.05, 0) is 0 Å². The molecule has 2 aromatic rings. The van der Waals surface area contributed by atoms with Gasteiger partial charge in [0.2, 0.25) is 0 Å². The third-order valence-electron chi connectivity index (χ3n) is 4.14. The smallest absolute Gasteiger partial charge is 0.370 e. The van der Waals surface area contributed by atoms with Crippen molar-refractivity contribution in [2.45, 2.75) is 18.7 Å². The van der Waals surface area contributed by atoms with Crippen LogP contribution in [0, 0.1) is 0 Å². The van der Waals surface area contributed by atoms with E-state index < -0.39 is 11.9 Å². The summed E-state index contributed by atoms with van der Waals surface area (Å²) in [6.07, 6.45) is -0.390. The van der Waals surface area contributed by atoms with E-state index in [9.17, 15) is 13.2 Å². The Morgan fingerprint density at radius 3 is 2.86 bits per heavy atom. The zero-order chi connectivity index (χ0) is 19.4. The molecular formula is C16H22F3IN6OS. The fourth-order valence-electron chi connectivity index (χ4n) is 2.82. The van der Waals surface area contributed by atoms with Gasteiger partial charge in [0.1, 0.15) is 6.10 Å². The number of ether oxygens (including phenoxy) is 1. The molecule has 3 heterocycles. The summed E-state index contributed by atoms with van der Waals surface area (Å²) in [5.41, 5.74) is 0.166. The molecule has 0 amide bonds. The molecule has 12 heteroatoms. The number of thiazole rings is 1. The van der Waals surface area contributed by atoms with Gasteiger partial charge in [0.05, 0.1) is 24.4 Å². The fourth-order valence-corrected chi connectivity index (χ4v) is 3.62. The molecule has 7 nitrogen and oxygen atoms in total. The predicted octanol–water partition coefficient (Wildman–Crippen LogP) is 2.70. The summed E-state index contributed by atoms with van der Waals surface area (Å²) in [4.78, 5) is 9.99. The summed E-state index contributed by atoms with van der Waals surface area (Å²) in [6, 6.07) is 0. The van der Waals surface area contributed by atoms with Crippen molar-refractivity contribution in [2.24, 2.45) is 12.0 Å². The summed E-state index contributed by atoms with van der Waals surface area (Å²) in [5.74, 6) is 0.694. The Bertz CT molecular complexity index is 793. The van der Waals surface area contributed by atoms with Gasteiger partial charge in [0.15, 0.2) is 11.7 Å². The van der Waals surface area contributed by atoms with Crippen LogP contribution < -0.4 is 5.32 Å². The first-order valence-corrected chi connectivity index (χ1v) is 9.32. The Balaban J connectivity index is 0.00000280. The molecule has 3 rings (SSSR count). The van der Waals surface area contributed by atoms with Crippen LogP contribution in [0.4, 0.5) is 13.2 Å². The lowest BCUT2D eigenvalue weighted by Gasteiger charge is -2.34. The largest absolute Gasteiger partial charge is 0.434 e. The SMILES string of the molecule is CN=C(NCCc1nc(C(F)(F)F)cs1)N1CCOC(c2cnn(C)c2)C1.I. The van der Waals surface area contributed by atoms with Crippen molar-refractivity contribution in [3.8, 4) is 0 Å². The molecule has 0 spiro atoms. The topological polar surface area (TPSA) is 67.6 Å². The Hall–Kier alpha value is -1.41. The molecule has 1 N–H and O–H groups in total. The van der Waals surface area contributed by atoms with E-state index in [0.29, 0.717) is 43.6 Å². The van der Waals surface area contributed by atoms with E-state index in [1.807, 2.05) is 13.2 Å². The molecule has 0 aromatic carbocycles. The number of rotatable bonds is 4. The lowest BCUT2D eigenvalue weighted by molar-refractivity contribution is -0.140. The van der Waals surface area contributed by atoms with Crippen molar-refractivity contribution in [3.63, 3.8) is 0 Å². The molecule has 0 radical (unpaired) electrons. The average Bonchev–Trinajstić information content (AvgIpc) is 3.28. The van der Waals surface area contributed by atoms with Crippen LogP contribution >= 0.6 is 35.3 Å². The highest BCUT2D eigenvalue weighted by molar-refractivity contribution is 14.0. The lowest BCUT2D eigenvalue weighted by atomic mass is 10.1. The minimum absolute atomic E-state index is 0. The highest BCUT2D eigenvalue weighted by Crippen LogP contribution is 2.30. The van der Waals surface area contributed by atoms with E-state index in [2.05, 4.69) is 25.3 Å². The van der Waals surface area contributed by atoms with Crippen LogP contribution in [0.25, 0.3) is 0 Å². The van der Waals surface area contributed by atoms with Gasteiger partial charge in [-0.1, -0.05) is 0 Å². The molecule has 1 aliphatic rings. The third kappa shape index (κ3) is 5.80. The van der Waals surface area contributed by atoms with Crippen LogP contribution in [0.1, 0.15) is 22.4 Å². The number of hydrogen-bond donors (Lipinski definition) is 1. The number of morpholine rings is 1. The van der Waals surface area contributed by atoms with Gasteiger partial charge in [-0.2, -0.15) is 18.3 Å². The number of aliphatic imine (C=N–C) groups is 1. The number of hydrogen-bond acceptors (Lipinski definition) is 5.